The number of aryl methyl sites for hydroxylation is 1. The molecular formula is C24H36IN5O2. The highest BCUT2D eigenvalue weighted by molar-refractivity contribution is 14.0. The molecule has 0 aliphatic carbocycles. The summed E-state index contributed by atoms with van der Waals surface area (Å²) >= 11 is 0. The molecule has 0 spiro atoms. The largest absolute Gasteiger partial charge is 0.496 e. The minimum absolute atomic E-state index is 0. The number of nitrogens with zero attached hydrogens (tertiary/aromatic N) is 1. The summed E-state index contributed by atoms with van der Waals surface area (Å²) in [5, 5.41) is 12.3. The molecule has 2 aromatic rings. The van der Waals surface area contributed by atoms with Crippen LogP contribution in [-0.4, -0.2) is 38.2 Å². The lowest BCUT2D eigenvalue weighted by Crippen LogP contribution is -2.38. The molecule has 0 radical (unpaired) electrons. The topological polar surface area (TPSA) is 86.8 Å². The van der Waals surface area contributed by atoms with Gasteiger partial charge in [0.2, 0.25) is 0 Å². The molecule has 7 nitrogen and oxygen atoms in total. The normalized spacial score (nSPS) is 10.9. The van der Waals surface area contributed by atoms with E-state index in [9.17, 15) is 4.79 Å². The van der Waals surface area contributed by atoms with Crippen LogP contribution in [0.3, 0.4) is 0 Å². The van der Waals surface area contributed by atoms with Crippen molar-refractivity contribution in [3.8, 4) is 5.75 Å². The van der Waals surface area contributed by atoms with Crippen LogP contribution in [-0.2, 0) is 13.0 Å². The second-order valence-electron chi connectivity index (χ2n) is 7.64. The number of hydrogen-bond acceptors (Lipinski definition) is 3. The van der Waals surface area contributed by atoms with Gasteiger partial charge in [-0.2, -0.15) is 0 Å². The first-order chi connectivity index (χ1) is 14.9. The molecule has 2 amide bonds. The van der Waals surface area contributed by atoms with E-state index in [0.717, 1.165) is 42.5 Å². The zero-order chi connectivity index (χ0) is 22.6. The van der Waals surface area contributed by atoms with Crippen LogP contribution in [0.25, 0.3) is 0 Å². The van der Waals surface area contributed by atoms with Crippen LogP contribution in [0.2, 0.25) is 0 Å². The first-order valence-electron chi connectivity index (χ1n) is 10.7. The van der Waals surface area contributed by atoms with E-state index in [1.165, 1.54) is 11.1 Å². The molecule has 0 saturated carbocycles. The summed E-state index contributed by atoms with van der Waals surface area (Å²) < 4.78 is 5.46. The van der Waals surface area contributed by atoms with Crippen molar-refractivity contribution < 1.29 is 9.53 Å². The Bertz CT molecular complexity index is 869. The third-order valence-electron chi connectivity index (χ3n) is 4.52. The Balaban J connectivity index is 0.00000512. The predicted molar refractivity (Wildman–Crippen MR) is 143 cm³/mol. The van der Waals surface area contributed by atoms with Gasteiger partial charge < -0.3 is 26.0 Å². The molecule has 0 atom stereocenters. The minimum atomic E-state index is -0.204. The molecule has 0 saturated heterocycles. The lowest BCUT2D eigenvalue weighted by Gasteiger charge is -2.13. The summed E-state index contributed by atoms with van der Waals surface area (Å²) in [6, 6.07) is 13.8. The van der Waals surface area contributed by atoms with Gasteiger partial charge in [0.15, 0.2) is 5.96 Å². The Labute approximate surface area is 208 Å². The molecule has 0 bridgehead atoms. The van der Waals surface area contributed by atoms with Crippen LogP contribution in [0.4, 0.5) is 10.5 Å². The predicted octanol–water partition coefficient (Wildman–Crippen LogP) is 4.45. The molecule has 0 aromatic heterocycles. The highest BCUT2D eigenvalue weighted by atomic mass is 127. The average molecular weight is 553 g/mol. The van der Waals surface area contributed by atoms with Crippen LogP contribution >= 0.6 is 24.0 Å². The highest BCUT2D eigenvalue weighted by Gasteiger charge is 2.05. The number of rotatable bonds is 9. The summed E-state index contributed by atoms with van der Waals surface area (Å²) in [5.41, 5.74) is 4.21. The van der Waals surface area contributed by atoms with Gasteiger partial charge in [-0.25, -0.2) is 9.79 Å². The number of benzene rings is 2. The molecule has 176 valence electrons. The first kappa shape index (κ1) is 27.5. The van der Waals surface area contributed by atoms with Gasteiger partial charge in [0.05, 0.1) is 13.7 Å². The van der Waals surface area contributed by atoms with Gasteiger partial charge in [-0.05, 0) is 63.4 Å². The molecule has 0 heterocycles. The monoisotopic (exact) mass is 553 g/mol. The maximum Gasteiger partial charge on any atom is 0.319 e. The quantitative estimate of drug-likeness (QED) is 0.210. The number of guanidine groups is 1. The van der Waals surface area contributed by atoms with Crippen LogP contribution in [0.1, 0.15) is 37.5 Å². The summed E-state index contributed by atoms with van der Waals surface area (Å²) in [4.78, 5) is 16.5. The number of nitrogens with one attached hydrogen (secondary N) is 4. The van der Waals surface area contributed by atoms with Gasteiger partial charge in [0.1, 0.15) is 5.75 Å². The van der Waals surface area contributed by atoms with Crippen molar-refractivity contribution in [3.63, 3.8) is 0 Å². The van der Waals surface area contributed by atoms with E-state index in [0.29, 0.717) is 6.54 Å². The van der Waals surface area contributed by atoms with Gasteiger partial charge >= 0.3 is 6.03 Å². The molecule has 32 heavy (non-hydrogen) atoms. The second kappa shape index (κ2) is 14.5. The Morgan fingerprint density at radius 3 is 2.44 bits per heavy atom. The fraction of sp³-hybridized carbons (Fsp3) is 0.417. The fourth-order valence-electron chi connectivity index (χ4n) is 3.05. The summed E-state index contributed by atoms with van der Waals surface area (Å²) in [7, 11) is 1.70. The number of carbonyl (C=O) groups excluding carboxylic acids is 1. The van der Waals surface area contributed by atoms with E-state index >= 15 is 0 Å². The summed E-state index contributed by atoms with van der Waals surface area (Å²) in [6.45, 7) is 10.1. The molecule has 2 aromatic carbocycles. The van der Waals surface area contributed by atoms with Crippen molar-refractivity contribution >= 4 is 41.7 Å². The standard InChI is InChI=1S/C24H35N5O2.HI/c1-6-25-23(26-14-13-20-15-18(4)7-12-22(20)31-5)27-16-19-8-10-21(11-9-19)29-24(30)28-17(2)3;/h7-12,15,17H,6,13-14,16H2,1-5H3,(H2,25,26,27)(H2,28,29,30);1H. The zero-order valence-electron chi connectivity index (χ0n) is 19.6. The van der Waals surface area contributed by atoms with Crippen molar-refractivity contribution in [1.82, 2.24) is 16.0 Å². The van der Waals surface area contributed by atoms with Crippen LogP contribution < -0.4 is 26.0 Å². The molecule has 8 heteroatoms. The number of carbonyl (C=O) groups is 1. The van der Waals surface area contributed by atoms with Crippen molar-refractivity contribution in [2.24, 2.45) is 4.99 Å². The number of urea groups is 1. The molecule has 0 aliphatic heterocycles. The molecule has 4 N–H and O–H groups in total. The Hall–Kier alpha value is -2.49. The molecule has 0 aliphatic rings. The van der Waals surface area contributed by atoms with E-state index in [1.54, 1.807) is 7.11 Å². The first-order valence-corrected chi connectivity index (χ1v) is 10.7. The number of ether oxygens (including phenoxy) is 1. The Morgan fingerprint density at radius 1 is 1.09 bits per heavy atom. The van der Waals surface area contributed by atoms with Gasteiger partial charge in [-0.1, -0.05) is 29.8 Å². The third-order valence-corrected chi connectivity index (χ3v) is 4.52. The number of anilines is 1. The number of amides is 2. The summed E-state index contributed by atoms with van der Waals surface area (Å²) in [5.74, 6) is 1.68. The SMILES string of the molecule is CCNC(=NCc1ccc(NC(=O)NC(C)C)cc1)NCCc1cc(C)ccc1OC.I. The van der Waals surface area contributed by atoms with E-state index < -0.39 is 0 Å². The Kier molecular flexibility index (Phi) is 12.5. The number of aliphatic imine (C=N–C) groups is 1. The summed E-state index contributed by atoms with van der Waals surface area (Å²) in [6.07, 6.45) is 0.841. The van der Waals surface area contributed by atoms with E-state index in [4.69, 9.17) is 4.74 Å². The van der Waals surface area contributed by atoms with Crippen LogP contribution in [0, 0.1) is 6.92 Å². The van der Waals surface area contributed by atoms with Crippen LogP contribution in [0.15, 0.2) is 47.5 Å². The van der Waals surface area contributed by atoms with Crippen molar-refractivity contribution in [1.29, 1.82) is 0 Å². The van der Waals surface area contributed by atoms with Gasteiger partial charge in [0, 0.05) is 24.8 Å². The number of halogens is 1. The lowest BCUT2D eigenvalue weighted by molar-refractivity contribution is 0.250. The van der Waals surface area contributed by atoms with Gasteiger partial charge in [-0.15, -0.1) is 24.0 Å². The van der Waals surface area contributed by atoms with Gasteiger partial charge in [0.25, 0.3) is 0 Å². The maximum atomic E-state index is 11.8. The molecule has 2 rings (SSSR count). The fourth-order valence-corrected chi connectivity index (χ4v) is 3.05. The lowest BCUT2D eigenvalue weighted by atomic mass is 10.1. The molecular weight excluding hydrogens is 517 g/mol. The van der Waals surface area contributed by atoms with E-state index in [1.807, 2.05) is 51.1 Å². The van der Waals surface area contributed by atoms with E-state index in [-0.39, 0.29) is 36.0 Å². The second-order valence-corrected chi connectivity index (χ2v) is 7.64. The highest BCUT2D eigenvalue weighted by Crippen LogP contribution is 2.19. The van der Waals surface area contributed by atoms with Crippen molar-refractivity contribution in [3.05, 3.63) is 59.2 Å². The minimum Gasteiger partial charge on any atom is -0.496 e. The number of methoxy groups -OCH3 is 1. The van der Waals surface area contributed by atoms with Crippen molar-refractivity contribution in [2.45, 2.75) is 46.7 Å². The van der Waals surface area contributed by atoms with Crippen molar-refractivity contribution in [2.75, 3.05) is 25.5 Å². The number of hydrogen-bond donors (Lipinski definition) is 4. The third kappa shape index (κ3) is 9.76. The molecule has 0 fully saturated rings. The van der Waals surface area contributed by atoms with Gasteiger partial charge in [-0.3, -0.25) is 0 Å². The van der Waals surface area contributed by atoms with Crippen LogP contribution in [0.5, 0.6) is 5.75 Å². The average Bonchev–Trinajstić information content (AvgIpc) is 2.72. The maximum absolute atomic E-state index is 11.8. The smallest absolute Gasteiger partial charge is 0.319 e. The zero-order valence-corrected chi connectivity index (χ0v) is 21.9. The molecule has 0 unspecified atom stereocenters. The van der Waals surface area contributed by atoms with E-state index in [2.05, 4.69) is 45.3 Å². The Morgan fingerprint density at radius 2 is 1.81 bits per heavy atom.